The Labute approximate surface area is 215 Å². The smallest absolute Gasteiger partial charge is 0.291 e. The normalized spacial score (nSPS) is 14.1. The Morgan fingerprint density at radius 1 is 0.946 bits per heavy atom. The summed E-state index contributed by atoms with van der Waals surface area (Å²) in [5.74, 6) is 0.493. The molecule has 1 aliphatic carbocycles. The number of hydrogen-bond donors (Lipinski definition) is 2. The van der Waals surface area contributed by atoms with E-state index in [1.807, 2.05) is 65.0 Å². The third-order valence-electron chi connectivity index (χ3n) is 7.39. The van der Waals surface area contributed by atoms with E-state index < -0.39 is 0 Å². The van der Waals surface area contributed by atoms with Crippen molar-refractivity contribution in [3.8, 4) is 0 Å². The summed E-state index contributed by atoms with van der Waals surface area (Å²) in [6.07, 6.45) is 4.05. The van der Waals surface area contributed by atoms with E-state index in [2.05, 4.69) is 15.8 Å². The highest BCUT2D eigenvalue weighted by Crippen LogP contribution is 2.31. The molecule has 2 aromatic heterocycles. The maximum absolute atomic E-state index is 13.1. The average Bonchev–Trinajstić information content (AvgIpc) is 3.44. The lowest BCUT2D eigenvalue weighted by Gasteiger charge is -2.13. The summed E-state index contributed by atoms with van der Waals surface area (Å²) in [6.45, 7) is 9.91. The minimum Gasteiger partial charge on any atom is -0.464 e. The zero-order chi connectivity index (χ0) is 26.3. The molecular formula is C30H31N3O4. The van der Waals surface area contributed by atoms with Crippen molar-refractivity contribution in [1.29, 1.82) is 0 Å². The number of rotatable bonds is 5. The highest BCUT2D eigenvalue weighted by molar-refractivity contribution is 6.09. The highest BCUT2D eigenvalue weighted by Gasteiger charge is 2.28. The number of carbonyl (C=O) groups is 2. The second-order valence-corrected chi connectivity index (χ2v) is 9.82. The summed E-state index contributed by atoms with van der Waals surface area (Å²) < 4.78 is 11.7. The van der Waals surface area contributed by atoms with Crippen molar-refractivity contribution in [3.63, 3.8) is 0 Å². The topological polar surface area (TPSA) is 96.8 Å². The fraction of sp³-hybridized carbons (Fsp3) is 0.300. The predicted molar refractivity (Wildman–Crippen MR) is 144 cm³/mol. The molecule has 37 heavy (non-hydrogen) atoms. The predicted octanol–water partition coefficient (Wildman–Crippen LogP) is 6.22. The van der Waals surface area contributed by atoms with E-state index >= 15 is 0 Å². The number of nitrogens with zero attached hydrogens (tertiary/aromatic N) is 1. The number of fused-ring (bicyclic) bond motifs is 2. The van der Waals surface area contributed by atoms with Gasteiger partial charge in [0.2, 0.25) is 5.91 Å². The molecule has 190 valence electrons. The van der Waals surface area contributed by atoms with Gasteiger partial charge in [0.15, 0.2) is 5.76 Å². The Hall–Kier alpha value is -4.13. The van der Waals surface area contributed by atoms with Gasteiger partial charge in [0.05, 0.1) is 18.4 Å². The molecule has 7 heteroatoms. The van der Waals surface area contributed by atoms with Crippen molar-refractivity contribution in [3.05, 3.63) is 87.1 Å². The molecule has 0 saturated carbocycles. The molecule has 7 nitrogen and oxygen atoms in total. The van der Waals surface area contributed by atoms with Crippen LogP contribution in [-0.2, 0) is 17.6 Å². The van der Waals surface area contributed by atoms with Crippen LogP contribution in [0.5, 0.6) is 0 Å². The van der Waals surface area contributed by atoms with Crippen molar-refractivity contribution in [1.82, 2.24) is 5.43 Å². The summed E-state index contributed by atoms with van der Waals surface area (Å²) in [6, 6.07) is 9.83. The molecule has 5 rings (SSSR count). The largest absolute Gasteiger partial charge is 0.464 e. The molecule has 0 radical (unpaired) electrons. The van der Waals surface area contributed by atoms with Gasteiger partial charge in [-0.15, -0.1) is 0 Å². The van der Waals surface area contributed by atoms with Gasteiger partial charge < -0.3 is 14.2 Å². The zero-order valence-corrected chi connectivity index (χ0v) is 21.9. The molecule has 0 atom stereocenters. The summed E-state index contributed by atoms with van der Waals surface area (Å²) in [4.78, 5) is 25.9. The van der Waals surface area contributed by atoms with Crippen molar-refractivity contribution in [2.24, 2.45) is 5.10 Å². The highest BCUT2D eigenvalue weighted by atomic mass is 16.4. The monoisotopic (exact) mass is 497 g/mol. The van der Waals surface area contributed by atoms with Crippen LogP contribution in [0.2, 0.25) is 0 Å². The van der Waals surface area contributed by atoms with E-state index in [0.29, 0.717) is 6.42 Å². The quantitative estimate of drug-likeness (QED) is 0.320. The summed E-state index contributed by atoms with van der Waals surface area (Å²) in [5, 5.41) is 8.37. The first kappa shape index (κ1) is 24.6. The van der Waals surface area contributed by atoms with Gasteiger partial charge >= 0.3 is 0 Å². The molecule has 2 heterocycles. The number of benzene rings is 2. The van der Waals surface area contributed by atoms with Crippen LogP contribution in [-0.4, -0.2) is 17.5 Å². The molecule has 0 saturated heterocycles. The van der Waals surface area contributed by atoms with Crippen LogP contribution >= 0.6 is 0 Å². The van der Waals surface area contributed by atoms with Gasteiger partial charge in [-0.25, -0.2) is 5.43 Å². The number of carbonyl (C=O) groups excluding carboxylic acids is 2. The van der Waals surface area contributed by atoms with Crippen molar-refractivity contribution >= 4 is 34.2 Å². The van der Waals surface area contributed by atoms with Crippen LogP contribution in [0, 0.1) is 34.6 Å². The molecule has 0 spiro atoms. The molecule has 1 aliphatic rings. The fourth-order valence-electron chi connectivity index (χ4n) is 4.93. The maximum atomic E-state index is 13.1. The maximum Gasteiger partial charge on any atom is 0.291 e. The fourth-order valence-corrected chi connectivity index (χ4v) is 4.93. The summed E-state index contributed by atoms with van der Waals surface area (Å²) in [5.41, 5.74) is 11.7. The SMILES string of the molecule is Cc1cccc(NC(=O)c2oc3c(c2C)/C(=N/NC(=O)Cc2coc4c(C)c(C)ccc24)CCC3)c1C. The molecule has 0 unspecified atom stereocenters. The molecule has 2 aromatic carbocycles. The number of furan rings is 2. The standard InChI is InChI=1S/C30H31N3O4/c1-16-8-6-9-23(18(16)3)31-30(35)29-20(5)27-24(10-7-11-25(27)37-29)32-33-26(34)14-21-15-36-28-19(4)17(2)12-13-22(21)28/h6,8-9,12-13,15H,7,10-11,14H2,1-5H3,(H,31,35)(H,33,34)/b32-24+. The molecule has 2 amide bonds. The first-order chi connectivity index (χ1) is 17.7. The molecular weight excluding hydrogens is 466 g/mol. The first-order valence-electron chi connectivity index (χ1n) is 12.6. The van der Waals surface area contributed by atoms with Gasteiger partial charge in [0.1, 0.15) is 11.3 Å². The van der Waals surface area contributed by atoms with Crippen LogP contribution in [0.3, 0.4) is 0 Å². The molecule has 2 N–H and O–H groups in total. The number of anilines is 1. The first-order valence-corrected chi connectivity index (χ1v) is 12.6. The number of nitrogens with one attached hydrogen (secondary N) is 2. The van der Waals surface area contributed by atoms with Gasteiger partial charge in [-0.1, -0.05) is 24.3 Å². The lowest BCUT2D eigenvalue weighted by molar-refractivity contribution is -0.120. The van der Waals surface area contributed by atoms with Crippen molar-refractivity contribution in [2.75, 3.05) is 5.32 Å². The van der Waals surface area contributed by atoms with Gasteiger partial charge in [-0.3, -0.25) is 9.59 Å². The van der Waals surface area contributed by atoms with Gasteiger partial charge in [0.25, 0.3) is 5.91 Å². The third-order valence-corrected chi connectivity index (χ3v) is 7.39. The van der Waals surface area contributed by atoms with Crippen molar-refractivity contribution in [2.45, 2.75) is 60.3 Å². The number of amides is 2. The number of hydrazone groups is 1. The van der Waals surface area contributed by atoms with E-state index in [1.54, 1.807) is 6.26 Å². The Morgan fingerprint density at radius 3 is 2.54 bits per heavy atom. The van der Waals surface area contributed by atoms with Crippen LogP contribution in [0.4, 0.5) is 5.69 Å². The van der Waals surface area contributed by atoms with Gasteiger partial charge in [0, 0.05) is 34.2 Å². The Bertz CT molecular complexity index is 1570. The van der Waals surface area contributed by atoms with E-state index in [4.69, 9.17) is 8.83 Å². The number of aryl methyl sites for hydroxylation is 4. The Kier molecular flexibility index (Phi) is 6.46. The minimum atomic E-state index is -0.290. The molecule has 0 fully saturated rings. The summed E-state index contributed by atoms with van der Waals surface area (Å²) in [7, 11) is 0. The second-order valence-electron chi connectivity index (χ2n) is 9.82. The molecule has 4 aromatic rings. The van der Waals surface area contributed by atoms with E-state index in [0.717, 1.165) is 79.9 Å². The Balaban J connectivity index is 1.34. The van der Waals surface area contributed by atoms with Gasteiger partial charge in [-0.05, 0) is 75.8 Å². The average molecular weight is 498 g/mol. The van der Waals surface area contributed by atoms with Crippen LogP contribution in [0.1, 0.15) is 68.1 Å². The lowest BCUT2D eigenvalue weighted by Crippen LogP contribution is -2.23. The van der Waals surface area contributed by atoms with E-state index in [9.17, 15) is 9.59 Å². The van der Waals surface area contributed by atoms with Crippen LogP contribution in [0.25, 0.3) is 11.0 Å². The van der Waals surface area contributed by atoms with E-state index in [-0.39, 0.29) is 24.0 Å². The zero-order valence-electron chi connectivity index (χ0n) is 21.9. The lowest BCUT2D eigenvalue weighted by atomic mass is 9.93. The van der Waals surface area contributed by atoms with E-state index in [1.165, 1.54) is 0 Å². The molecule has 0 aliphatic heterocycles. The summed E-state index contributed by atoms with van der Waals surface area (Å²) >= 11 is 0. The van der Waals surface area contributed by atoms with Crippen molar-refractivity contribution < 1.29 is 18.4 Å². The van der Waals surface area contributed by atoms with Crippen LogP contribution < -0.4 is 10.7 Å². The molecule has 0 bridgehead atoms. The number of hydrogen-bond acceptors (Lipinski definition) is 5. The second kappa shape index (κ2) is 9.73. The minimum absolute atomic E-state index is 0.160. The van der Waals surface area contributed by atoms with Crippen LogP contribution in [0.15, 0.2) is 50.5 Å². The Morgan fingerprint density at radius 2 is 1.73 bits per heavy atom. The third kappa shape index (κ3) is 4.57. The van der Waals surface area contributed by atoms with Gasteiger partial charge in [-0.2, -0.15) is 5.10 Å².